The molecule has 6 nitrogen and oxygen atoms in total. The molecule has 1 fully saturated rings. The molecule has 2 heterocycles. The smallest absolute Gasteiger partial charge is 0.270 e. The van der Waals surface area contributed by atoms with Gasteiger partial charge in [0.1, 0.15) is 17.2 Å². The Morgan fingerprint density at radius 2 is 1.45 bits per heavy atom. The predicted octanol–water partition coefficient (Wildman–Crippen LogP) is 3.46. The van der Waals surface area contributed by atoms with Gasteiger partial charge in [0.25, 0.3) is 5.91 Å². The quantitative estimate of drug-likeness (QED) is 0.668. The number of benzene rings is 2. The summed E-state index contributed by atoms with van der Waals surface area (Å²) in [4.78, 5) is 17.3. The maximum absolute atomic E-state index is 13.1. The van der Waals surface area contributed by atoms with Crippen molar-refractivity contribution in [3.05, 3.63) is 72.6 Å². The second kappa shape index (κ2) is 8.31. The standard InChI is InChI=1S/C23H25N3O3/c1-28-20-15-19(16-21(17-20)29-2)24-11-13-25(14-12-24)23(27)22-9-6-10-26(22)18-7-4-3-5-8-18/h3-10,15-17H,11-14H2,1-2H3. The molecule has 2 aromatic carbocycles. The van der Waals surface area contributed by atoms with Crippen molar-refractivity contribution in [2.75, 3.05) is 45.3 Å². The third kappa shape index (κ3) is 3.92. The first-order chi connectivity index (χ1) is 14.2. The van der Waals surface area contributed by atoms with Crippen molar-refractivity contribution < 1.29 is 14.3 Å². The summed E-state index contributed by atoms with van der Waals surface area (Å²) in [5, 5.41) is 0. The second-order valence-corrected chi connectivity index (χ2v) is 6.95. The van der Waals surface area contributed by atoms with E-state index in [0.29, 0.717) is 18.8 Å². The largest absolute Gasteiger partial charge is 0.497 e. The van der Waals surface area contributed by atoms with E-state index in [4.69, 9.17) is 9.47 Å². The van der Waals surface area contributed by atoms with Crippen LogP contribution < -0.4 is 14.4 Å². The molecule has 1 aromatic heterocycles. The molecule has 150 valence electrons. The topological polar surface area (TPSA) is 46.9 Å². The van der Waals surface area contributed by atoms with Crippen molar-refractivity contribution in [1.29, 1.82) is 0 Å². The minimum atomic E-state index is 0.0572. The lowest BCUT2D eigenvalue weighted by molar-refractivity contribution is 0.0738. The van der Waals surface area contributed by atoms with E-state index in [1.54, 1.807) is 14.2 Å². The van der Waals surface area contributed by atoms with Crippen LogP contribution in [0.15, 0.2) is 66.9 Å². The number of carbonyl (C=O) groups is 1. The molecule has 29 heavy (non-hydrogen) atoms. The van der Waals surface area contributed by atoms with Crippen LogP contribution in [-0.4, -0.2) is 55.8 Å². The predicted molar refractivity (Wildman–Crippen MR) is 113 cm³/mol. The zero-order chi connectivity index (χ0) is 20.2. The number of para-hydroxylation sites is 1. The maximum atomic E-state index is 13.1. The molecule has 4 rings (SSSR count). The van der Waals surface area contributed by atoms with Gasteiger partial charge >= 0.3 is 0 Å². The molecule has 0 atom stereocenters. The minimum absolute atomic E-state index is 0.0572. The number of nitrogens with zero attached hydrogens (tertiary/aromatic N) is 3. The molecule has 0 aliphatic carbocycles. The summed E-state index contributed by atoms with van der Waals surface area (Å²) in [6, 6.07) is 19.6. The number of ether oxygens (including phenoxy) is 2. The number of hydrogen-bond acceptors (Lipinski definition) is 4. The Kier molecular flexibility index (Phi) is 5.42. The highest BCUT2D eigenvalue weighted by Crippen LogP contribution is 2.29. The zero-order valence-corrected chi connectivity index (χ0v) is 16.7. The van der Waals surface area contributed by atoms with E-state index in [2.05, 4.69) is 4.90 Å². The van der Waals surface area contributed by atoms with Crippen molar-refractivity contribution in [1.82, 2.24) is 9.47 Å². The summed E-state index contributed by atoms with van der Waals surface area (Å²) in [5.74, 6) is 1.58. The van der Waals surface area contributed by atoms with Crippen molar-refractivity contribution in [2.24, 2.45) is 0 Å². The molecular weight excluding hydrogens is 366 g/mol. The van der Waals surface area contributed by atoms with Crippen LogP contribution in [0, 0.1) is 0 Å². The third-order valence-corrected chi connectivity index (χ3v) is 5.27. The van der Waals surface area contributed by atoms with E-state index in [1.807, 2.05) is 76.3 Å². The number of hydrogen-bond donors (Lipinski definition) is 0. The van der Waals surface area contributed by atoms with Gasteiger partial charge in [0.05, 0.1) is 14.2 Å². The lowest BCUT2D eigenvalue weighted by Crippen LogP contribution is -2.49. The zero-order valence-electron chi connectivity index (χ0n) is 16.7. The van der Waals surface area contributed by atoms with Gasteiger partial charge in [0.15, 0.2) is 0 Å². The third-order valence-electron chi connectivity index (χ3n) is 5.27. The Hall–Kier alpha value is -3.41. The Labute approximate surface area is 170 Å². The number of aromatic nitrogens is 1. The van der Waals surface area contributed by atoms with Crippen molar-refractivity contribution in [3.63, 3.8) is 0 Å². The number of piperazine rings is 1. The van der Waals surface area contributed by atoms with Crippen LogP contribution in [0.1, 0.15) is 10.5 Å². The van der Waals surface area contributed by atoms with Gasteiger partial charge < -0.3 is 23.8 Å². The van der Waals surface area contributed by atoms with Crippen LogP contribution in [0.5, 0.6) is 11.5 Å². The summed E-state index contributed by atoms with van der Waals surface area (Å²) in [6.45, 7) is 2.85. The van der Waals surface area contributed by atoms with Gasteiger partial charge in [-0.15, -0.1) is 0 Å². The fraction of sp³-hybridized carbons (Fsp3) is 0.261. The molecule has 0 spiro atoms. The summed E-state index contributed by atoms with van der Waals surface area (Å²) in [6.07, 6.45) is 1.93. The number of amides is 1. The average Bonchev–Trinajstić information content (AvgIpc) is 3.29. The minimum Gasteiger partial charge on any atom is -0.497 e. The molecule has 0 radical (unpaired) electrons. The van der Waals surface area contributed by atoms with Crippen LogP contribution in [-0.2, 0) is 0 Å². The fourth-order valence-corrected chi connectivity index (χ4v) is 3.67. The number of methoxy groups -OCH3 is 2. The van der Waals surface area contributed by atoms with Crippen LogP contribution in [0.25, 0.3) is 5.69 Å². The Morgan fingerprint density at radius 1 is 0.793 bits per heavy atom. The normalized spacial score (nSPS) is 14.0. The molecule has 1 aliphatic rings. The SMILES string of the molecule is COc1cc(OC)cc(N2CCN(C(=O)c3cccn3-c3ccccc3)CC2)c1. The first-order valence-corrected chi connectivity index (χ1v) is 9.69. The van der Waals surface area contributed by atoms with Gasteiger partial charge in [-0.05, 0) is 24.3 Å². The Balaban J connectivity index is 1.47. The van der Waals surface area contributed by atoms with Crippen LogP contribution >= 0.6 is 0 Å². The lowest BCUT2D eigenvalue weighted by Gasteiger charge is -2.36. The number of carbonyl (C=O) groups excluding carboxylic acids is 1. The summed E-state index contributed by atoms with van der Waals surface area (Å²) in [5.41, 5.74) is 2.72. The fourth-order valence-electron chi connectivity index (χ4n) is 3.67. The summed E-state index contributed by atoms with van der Waals surface area (Å²) < 4.78 is 12.7. The first kappa shape index (κ1) is 18.9. The monoisotopic (exact) mass is 391 g/mol. The van der Waals surface area contributed by atoms with Crippen molar-refractivity contribution >= 4 is 11.6 Å². The van der Waals surface area contributed by atoms with E-state index in [0.717, 1.165) is 36.0 Å². The highest BCUT2D eigenvalue weighted by molar-refractivity contribution is 5.93. The van der Waals surface area contributed by atoms with Gasteiger partial charge in [0, 0.05) is 61.9 Å². The molecule has 0 N–H and O–H groups in total. The van der Waals surface area contributed by atoms with E-state index in [1.165, 1.54) is 0 Å². The van der Waals surface area contributed by atoms with Gasteiger partial charge in [-0.2, -0.15) is 0 Å². The highest BCUT2D eigenvalue weighted by atomic mass is 16.5. The second-order valence-electron chi connectivity index (χ2n) is 6.95. The number of anilines is 1. The molecule has 1 saturated heterocycles. The van der Waals surface area contributed by atoms with Gasteiger partial charge in [-0.25, -0.2) is 0 Å². The van der Waals surface area contributed by atoms with Crippen molar-refractivity contribution in [2.45, 2.75) is 0 Å². The van der Waals surface area contributed by atoms with E-state index in [-0.39, 0.29) is 5.91 Å². The molecule has 6 heteroatoms. The number of rotatable bonds is 5. The molecule has 3 aromatic rings. The van der Waals surface area contributed by atoms with Gasteiger partial charge in [0.2, 0.25) is 0 Å². The van der Waals surface area contributed by atoms with Crippen molar-refractivity contribution in [3.8, 4) is 17.2 Å². The Morgan fingerprint density at radius 3 is 2.07 bits per heavy atom. The lowest BCUT2D eigenvalue weighted by atomic mass is 10.2. The Bertz CT molecular complexity index is 954. The van der Waals surface area contributed by atoms with Crippen LogP contribution in [0.2, 0.25) is 0 Å². The first-order valence-electron chi connectivity index (χ1n) is 9.69. The highest BCUT2D eigenvalue weighted by Gasteiger charge is 2.25. The maximum Gasteiger partial charge on any atom is 0.270 e. The molecule has 0 bridgehead atoms. The molecular formula is C23H25N3O3. The average molecular weight is 391 g/mol. The summed E-state index contributed by atoms with van der Waals surface area (Å²) >= 11 is 0. The molecule has 1 aliphatic heterocycles. The molecule has 1 amide bonds. The van der Waals surface area contributed by atoms with E-state index in [9.17, 15) is 4.79 Å². The van der Waals surface area contributed by atoms with Crippen LogP contribution in [0.4, 0.5) is 5.69 Å². The molecule has 0 unspecified atom stereocenters. The van der Waals surface area contributed by atoms with Gasteiger partial charge in [-0.1, -0.05) is 18.2 Å². The van der Waals surface area contributed by atoms with Gasteiger partial charge in [-0.3, -0.25) is 4.79 Å². The van der Waals surface area contributed by atoms with E-state index >= 15 is 0 Å². The van der Waals surface area contributed by atoms with E-state index < -0.39 is 0 Å². The molecule has 0 saturated carbocycles. The van der Waals surface area contributed by atoms with Crippen LogP contribution in [0.3, 0.4) is 0 Å². The summed E-state index contributed by atoms with van der Waals surface area (Å²) in [7, 11) is 3.30.